The van der Waals surface area contributed by atoms with Crippen molar-refractivity contribution in [1.29, 1.82) is 0 Å². The highest BCUT2D eigenvalue weighted by Crippen LogP contribution is 2.15. The zero-order valence-electron chi connectivity index (χ0n) is 13.4. The lowest BCUT2D eigenvalue weighted by Gasteiger charge is -2.15. The summed E-state index contributed by atoms with van der Waals surface area (Å²) in [6, 6.07) is 15.9. The van der Waals surface area contributed by atoms with Gasteiger partial charge in [0.25, 0.3) is 5.91 Å². The van der Waals surface area contributed by atoms with Crippen LogP contribution in [0.2, 0.25) is 0 Å². The Morgan fingerprint density at radius 1 is 1.14 bits per heavy atom. The van der Waals surface area contributed by atoms with E-state index in [2.05, 4.69) is 36.5 Å². The molecule has 22 heavy (non-hydrogen) atoms. The van der Waals surface area contributed by atoms with E-state index in [4.69, 9.17) is 4.74 Å². The summed E-state index contributed by atoms with van der Waals surface area (Å²) in [6.07, 6.45) is 1.02. The Hall–Kier alpha value is -2.13. The lowest BCUT2D eigenvalue weighted by atomic mass is 10.0. The van der Waals surface area contributed by atoms with Gasteiger partial charge in [0.15, 0.2) is 0 Å². The maximum absolute atomic E-state index is 12.4. The Balaban J connectivity index is 2.05. The minimum Gasteiger partial charge on any atom is -0.380 e. The molecule has 2 rings (SSSR count). The van der Waals surface area contributed by atoms with Gasteiger partial charge in [0, 0.05) is 12.7 Å². The number of hydrogen-bond acceptors (Lipinski definition) is 2. The Labute approximate surface area is 132 Å². The van der Waals surface area contributed by atoms with E-state index in [1.54, 1.807) is 7.11 Å². The number of nitrogens with one attached hydrogen (secondary N) is 1. The number of carbonyl (C=O) groups is 1. The highest BCUT2D eigenvalue weighted by molar-refractivity contribution is 5.94. The Bertz CT molecular complexity index is 620. The first-order chi connectivity index (χ1) is 10.6. The molecule has 0 saturated carbocycles. The van der Waals surface area contributed by atoms with Gasteiger partial charge < -0.3 is 10.1 Å². The average molecular weight is 297 g/mol. The van der Waals surface area contributed by atoms with Crippen molar-refractivity contribution in [2.75, 3.05) is 7.11 Å². The van der Waals surface area contributed by atoms with E-state index in [-0.39, 0.29) is 11.9 Å². The summed E-state index contributed by atoms with van der Waals surface area (Å²) in [6.45, 7) is 4.64. The molecule has 3 heteroatoms. The molecule has 0 fully saturated rings. The molecule has 1 N–H and O–H groups in total. The second kappa shape index (κ2) is 7.76. The fourth-order valence-corrected chi connectivity index (χ4v) is 2.37. The van der Waals surface area contributed by atoms with Crippen LogP contribution < -0.4 is 5.32 Å². The molecule has 0 saturated heterocycles. The standard InChI is InChI=1S/C19H23NO2/c1-4-15-8-10-17(11-9-15)14(2)20-19(21)18-7-5-6-16(12-18)13-22-3/h5-12,14H,4,13H2,1-3H3,(H,20,21). The van der Waals surface area contributed by atoms with Crippen LogP contribution in [0.1, 0.15) is 46.9 Å². The van der Waals surface area contributed by atoms with Crippen molar-refractivity contribution in [3.05, 3.63) is 70.8 Å². The number of rotatable bonds is 6. The molecule has 0 aliphatic heterocycles. The van der Waals surface area contributed by atoms with Crippen molar-refractivity contribution in [2.24, 2.45) is 0 Å². The lowest BCUT2D eigenvalue weighted by molar-refractivity contribution is 0.0939. The Morgan fingerprint density at radius 3 is 2.50 bits per heavy atom. The van der Waals surface area contributed by atoms with Gasteiger partial charge in [-0.25, -0.2) is 0 Å². The molecule has 0 spiro atoms. The monoisotopic (exact) mass is 297 g/mol. The molecular weight excluding hydrogens is 274 g/mol. The molecule has 1 amide bonds. The summed E-state index contributed by atoms with van der Waals surface area (Å²) in [7, 11) is 1.65. The van der Waals surface area contributed by atoms with Crippen molar-refractivity contribution in [3.63, 3.8) is 0 Å². The first-order valence-electron chi connectivity index (χ1n) is 7.61. The molecule has 0 bridgehead atoms. The van der Waals surface area contributed by atoms with Gasteiger partial charge in [-0.05, 0) is 42.2 Å². The summed E-state index contributed by atoms with van der Waals surface area (Å²) >= 11 is 0. The van der Waals surface area contributed by atoms with Crippen LogP contribution in [0.4, 0.5) is 0 Å². The van der Waals surface area contributed by atoms with Crippen LogP contribution >= 0.6 is 0 Å². The number of aryl methyl sites for hydroxylation is 1. The van der Waals surface area contributed by atoms with E-state index in [0.717, 1.165) is 17.5 Å². The summed E-state index contributed by atoms with van der Waals surface area (Å²) in [5, 5.41) is 3.04. The van der Waals surface area contributed by atoms with Crippen molar-refractivity contribution < 1.29 is 9.53 Å². The van der Waals surface area contributed by atoms with Crippen LogP contribution in [0.15, 0.2) is 48.5 Å². The van der Waals surface area contributed by atoms with Crippen molar-refractivity contribution in [3.8, 4) is 0 Å². The van der Waals surface area contributed by atoms with Gasteiger partial charge in [-0.15, -0.1) is 0 Å². The van der Waals surface area contributed by atoms with E-state index in [0.29, 0.717) is 12.2 Å². The molecule has 0 aliphatic rings. The predicted octanol–water partition coefficient (Wildman–Crippen LogP) is 3.89. The van der Waals surface area contributed by atoms with Crippen LogP contribution in [0, 0.1) is 0 Å². The predicted molar refractivity (Wildman–Crippen MR) is 88.9 cm³/mol. The molecule has 0 aromatic heterocycles. The summed E-state index contributed by atoms with van der Waals surface area (Å²) in [5.74, 6) is -0.0648. The number of hydrogen-bond donors (Lipinski definition) is 1. The topological polar surface area (TPSA) is 38.3 Å². The zero-order valence-corrected chi connectivity index (χ0v) is 13.4. The molecule has 2 aromatic rings. The molecule has 1 unspecified atom stereocenters. The fourth-order valence-electron chi connectivity index (χ4n) is 2.37. The maximum Gasteiger partial charge on any atom is 0.251 e. The Kier molecular flexibility index (Phi) is 5.73. The fraction of sp³-hybridized carbons (Fsp3) is 0.316. The smallest absolute Gasteiger partial charge is 0.251 e. The van der Waals surface area contributed by atoms with Gasteiger partial charge in [0.05, 0.1) is 12.6 Å². The van der Waals surface area contributed by atoms with Gasteiger partial charge in [-0.3, -0.25) is 4.79 Å². The summed E-state index contributed by atoms with van der Waals surface area (Å²) < 4.78 is 5.10. The van der Waals surface area contributed by atoms with Crippen LogP contribution in [-0.2, 0) is 17.8 Å². The normalized spacial score (nSPS) is 12.0. The van der Waals surface area contributed by atoms with Gasteiger partial charge in [-0.1, -0.05) is 43.3 Å². The maximum atomic E-state index is 12.4. The van der Waals surface area contributed by atoms with Gasteiger partial charge in [0.1, 0.15) is 0 Å². The molecule has 1 atom stereocenters. The van der Waals surface area contributed by atoms with Crippen molar-refractivity contribution in [1.82, 2.24) is 5.32 Å². The first kappa shape index (κ1) is 16.2. The number of methoxy groups -OCH3 is 1. The molecule has 3 nitrogen and oxygen atoms in total. The SMILES string of the molecule is CCc1ccc(C(C)NC(=O)c2cccc(COC)c2)cc1. The van der Waals surface area contributed by atoms with Gasteiger partial charge >= 0.3 is 0 Å². The van der Waals surface area contributed by atoms with Crippen LogP contribution in [-0.4, -0.2) is 13.0 Å². The molecule has 0 heterocycles. The summed E-state index contributed by atoms with van der Waals surface area (Å²) in [4.78, 5) is 12.4. The third-order valence-corrected chi connectivity index (χ3v) is 3.74. The average Bonchev–Trinajstić information content (AvgIpc) is 2.55. The van der Waals surface area contributed by atoms with Crippen molar-refractivity contribution in [2.45, 2.75) is 32.9 Å². The minimum absolute atomic E-state index is 0.0236. The van der Waals surface area contributed by atoms with E-state index in [1.807, 2.05) is 31.2 Å². The van der Waals surface area contributed by atoms with Gasteiger partial charge in [-0.2, -0.15) is 0 Å². The first-order valence-corrected chi connectivity index (χ1v) is 7.61. The van der Waals surface area contributed by atoms with E-state index < -0.39 is 0 Å². The lowest BCUT2D eigenvalue weighted by Crippen LogP contribution is -2.26. The molecule has 116 valence electrons. The third-order valence-electron chi connectivity index (χ3n) is 3.74. The van der Waals surface area contributed by atoms with Gasteiger partial charge in [0.2, 0.25) is 0 Å². The van der Waals surface area contributed by atoms with Crippen molar-refractivity contribution >= 4 is 5.91 Å². The molecule has 0 radical (unpaired) electrons. The van der Waals surface area contributed by atoms with E-state index in [1.165, 1.54) is 5.56 Å². The largest absolute Gasteiger partial charge is 0.380 e. The molecular formula is C19H23NO2. The summed E-state index contributed by atoms with van der Waals surface area (Å²) in [5.41, 5.74) is 4.06. The number of benzene rings is 2. The number of ether oxygens (including phenoxy) is 1. The number of carbonyl (C=O) groups excluding carboxylic acids is 1. The molecule has 0 aliphatic carbocycles. The Morgan fingerprint density at radius 2 is 1.86 bits per heavy atom. The second-order valence-electron chi connectivity index (χ2n) is 5.42. The van der Waals surface area contributed by atoms with Crippen LogP contribution in [0.5, 0.6) is 0 Å². The van der Waals surface area contributed by atoms with E-state index >= 15 is 0 Å². The minimum atomic E-state index is -0.0648. The van der Waals surface area contributed by atoms with Crippen LogP contribution in [0.25, 0.3) is 0 Å². The highest BCUT2D eigenvalue weighted by atomic mass is 16.5. The molecule has 2 aromatic carbocycles. The third kappa shape index (κ3) is 4.18. The quantitative estimate of drug-likeness (QED) is 0.878. The number of amides is 1. The van der Waals surface area contributed by atoms with Crippen LogP contribution in [0.3, 0.4) is 0 Å². The zero-order chi connectivity index (χ0) is 15.9. The highest BCUT2D eigenvalue weighted by Gasteiger charge is 2.11. The van der Waals surface area contributed by atoms with E-state index in [9.17, 15) is 4.79 Å². The second-order valence-corrected chi connectivity index (χ2v) is 5.42.